The van der Waals surface area contributed by atoms with Crippen LogP contribution in [0.5, 0.6) is 0 Å². The third kappa shape index (κ3) is 4.89. The Hall–Kier alpha value is -2.20. The quantitative estimate of drug-likeness (QED) is 0.854. The molecule has 1 aliphatic rings. The summed E-state index contributed by atoms with van der Waals surface area (Å²) in [5.74, 6) is 2.19. The number of terminal acetylenes is 1. The molecule has 124 valence electrons. The number of hydrogen-bond acceptors (Lipinski definition) is 3. The van der Waals surface area contributed by atoms with E-state index in [0.29, 0.717) is 31.9 Å². The topological polar surface area (TPSA) is 35.6 Å². The Kier molecular flexibility index (Phi) is 5.50. The van der Waals surface area contributed by atoms with Crippen LogP contribution in [-0.4, -0.2) is 50.1 Å². The molecule has 0 aromatic heterocycles. The van der Waals surface area contributed by atoms with Crippen molar-refractivity contribution in [2.75, 3.05) is 44.2 Å². The number of piperazine rings is 1. The van der Waals surface area contributed by atoms with Gasteiger partial charge in [0.1, 0.15) is 0 Å². The Bertz CT molecular complexity index is 587. The first-order valence-electron chi connectivity index (χ1n) is 7.25. The van der Waals surface area contributed by atoms with E-state index in [2.05, 4.69) is 11.2 Å². The van der Waals surface area contributed by atoms with E-state index in [-0.39, 0.29) is 19.0 Å². The van der Waals surface area contributed by atoms with Crippen LogP contribution in [0.4, 0.5) is 18.9 Å². The summed E-state index contributed by atoms with van der Waals surface area (Å²) in [5.41, 5.74) is -0.0950. The highest BCUT2D eigenvalue weighted by molar-refractivity contribution is 5.78. The van der Waals surface area contributed by atoms with Crippen molar-refractivity contribution in [2.24, 2.45) is 0 Å². The summed E-state index contributed by atoms with van der Waals surface area (Å²) in [6, 6.07) is 5.31. The SMILES string of the molecule is C#CCNC(=O)CN1CCN(c2cccc(C(F)(F)F)c2)CC1. The first-order valence-corrected chi connectivity index (χ1v) is 7.25. The summed E-state index contributed by atoms with van der Waals surface area (Å²) >= 11 is 0. The van der Waals surface area contributed by atoms with E-state index in [1.807, 2.05) is 9.80 Å². The number of rotatable bonds is 4. The lowest BCUT2D eigenvalue weighted by atomic mass is 10.1. The Morgan fingerprint density at radius 3 is 2.57 bits per heavy atom. The van der Waals surface area contributed by atoms with Crippen molar-refractivity contribution in [1.82, 2.24) is 10.2 Å². The number of anilines is 1. The molecule has 0 radical (unpaired) electrons. The molecule has 0 saturated carbocycles. The van der Waals surface area contributed by atoms with Gasteiger partial charge in [0.2, 0.25) is 5.91 Å². The van der Waals surface area contributed by atoms with Crippen molar-refractivity contribution in [2.45, 2.75) is 6.18 Å². The molecule has 1 fully saturated rings. The van der Waals surface area contributed by atoms with Gasteiger partial charge in [-0.15, -0.1) is 6.42 Å². The molecule has 1 aromatic carbocycles. The standard InChI is InChI=1S/C16H18F3N3O/c1-2-6-20-15(23)12-21-7-9-22(10-8-21)14-5-3-4-13(11-14)16(17,18)19/h1,3-5,11H,6-10,12H2,(H,20,23). The molecule has 23 heavy (non-hydrogen) atoms. The van der Waals surface area contributed by atoms with Crippen molar-refractivity contribution < 1.29 is 18.0 Å². The van der Waals surface area contributed by atoms with Crippen molar-refractivity contribution in [1.29, 1.82) is 0 Å². The second-order valence-electron chi connectivity index (χ2n) is 5.29. The third-order valence-corrected chi connectivity index (χ3v) is 3.67. The van der Waals surface area contributed by atoms with Crippen molar-refractivity contribution in [3.63, 3.8) is 0 Å². The van der Waals surface area contributed by atoms with Gasteiger partial charge >= 0.3 is 6.18 Å². The Morgan fingerprint density at radius 1 is 1.26 bits per heavy atom. The predicted molar refractivity (Wildman–Crippen MR) is 81.9 cm³/mol. The van der Waals surface area contributed by atoms with Crippen molar-refractivity contribution in [3.8, 4) is 12.3 Å². The average molecular weight is 325 g/mol. The van der Waals surface area contributed by atoms with Crippen LogP contribution in [0.1, 0.15) is 5.56 Å². The Morgan fingerprint density at radius 2 is 1.96 bits per heavy atom. The van der Waals surface area contributed by atoms with Crippen LogP contribution in [-0.2, 0) is 11.0 Å². The number of benzene rings is 1. The van der Waals surface area contributed by atoms with Gasteiger partial charge in [-0.2, -0.15) is 13.2 Å². The molecule has 1 N–H and O–H groups in total. The van der Waals surface area contributed by atoms with Gasteiger partial charge in [0.05, 0.1) is 18.7 Å². The van der Waals surface area contributed by atoms with Gasteiger partial charge in [-0.3, -0.25) is 9.69 Å². The number of alkyl halides is 3. The Labute approximate surface area is 133 Å². The minimum Gasteiger partial charge on any atom is -0.369 e. The van der Waals surface area contributed by atoms with Gasteiger partial charge in [0.25, 0.3) is 0 Å². The van der Waals surface area contributed by atoms with E-state index in [0.717, 1.165) is 12.1 Å². The Balaban J connectivity index is 1.90. The minimum absolute atomic E-state index is 0.143. The van der Waals surface area contributed by atoms with Crippen LogP contribution in [0.15, 0.2) is 24.3 Å². The highest BCUT2D eigenvalue weighted by atomic mass is 19.4. The zero-order chi connectivity index (χ0) is 16.9. The second kappa shape index (κ2) is 7.38. The second-order valence-corrected chi connectivity index (χ2v) is 5.29. The molecule has 1 saturated heterocycles. The molecular weight excluding hydrogens is 307 g/mol. The summed E-state index contributed by atoms with van der Waals surface area (Å²) in [4.78, 5) is 15.4. The molecule has 2 rings (SSSR count). The average Bonchev–Trinajstić information content (AvgIpc) is 2.53. The summed E-state index contributed by atoms with van der Waals surface area (Å²) in [7, 11) is 0. The van der Waals surface area contributed by atoms with Gasteiger partial charge in [-0.1, -0.05) is 12.0 Å². The van der Waals surface area contributed by atoms with Crippen molar-refractivity contribution >= 4 is 11.6 Å². The van der Waals surface area contributed by atoms with Crippen LogP contribution in [0.2, 0.25) is 0 Å². The summed E-state index contributed by atoms with van der Waals surface area (Å²) in [6.07, 6.45) is 0.730. The smallest absolute Gasteiger partial charge is 0.369 e. The van der Waals surface area contributed by atoms with Crippen LogP contribution in [0.3, 0.4) is 0 Å². The van der Waals surface area contributed by atoms with Crippen LogP contribution in [0, 0.1) is 12.3 Å². The third-order valence-electron chi connectivity index (χ3n) is 3.67. The largest absolute Gasteiger partial charge is 0.416 e. The zero-order valence-electron chi connectivity index (χ0n) is 12.6. The highest BCUT2D eigenvalue weighted by Gasteiger charge is 2.31. The van der Waals surface area contributed by atoms with E-state index in [9.17, 15) is 18.0 Å². The van der Waals surface area contributed by atoms with Gasteiger partial charge in [0, 0.05) is 31.9 Å². The molecule has 1 heterocycles. The number of nitrogens with zero attached hydrogens (tertiary/aromatic N) is 2. The van der Waals surface area contributed by atoms with Crippen molar-refractivity contribution in [3.05, 3.63) is 29.8 Å². The van der Waals surface area contributed by atoms with E-state index in [4.69, 9.17) is 6.42 Å². The van der Waals surface area contributed by atoms with Crippen LogP contribution < -0.4 is 10.2 Å². The predicted octanol–water partition coefficient (Wildman–Crippen LogP) is 1.58. The normalized spacial score (nSPS) is 16.0. The summed E-state index contributed by atoms with van der Waals surface area (Å²) < 4.78 is 38.3. The summed E-state index contributed by atoms with van der Waals surface area (Å²) in [6.45, 7) is 2.81. The first-order chi connectivity index (χ1) is 10.9. The van der Waals surface area contributed by atoms with E-state index < -0.39 is 11.7 Å². The maximum atomic E-state index is 12.8. The molecule has 0 atom stereocenters. The molecular formula is C16H18F3N3O. The lowest BCUT2D eigenvalue weighted by Gasteiger charge is -2.35. The van der Waals surface area contributed by atoms with E-state index >= 15 is 0 Å². The number of halogens is 3. The van der Waals surface area contributed by atoms with E-state index in [1.165, 1.54) is 6.07 Å². The number of amides is 1. The fraction of sp³-hybridized carbons (Fsp3) is 0.438. The van der Waals surface area contributed by atoms with Crippen LogP contribution in [0.25, 0.3) is 0 Å². The highest BCUT2D eigenvalue weighted by Crippen LogP contribution is 2.31. The fourth-order valence-electron chi connectivity index (χ4n) is 2.45. The molecule has 0 bridgehead atoms. The molecule has 1 amide bonds. The van der Waals surface area contributed by atoms with E-state index in [1.54, 1.807) is 6.07 Å². The van der Waals surface area contributed by atoms with Gasteiger partial charge in [0.15, 0.2) is 0 Å². The number of nitrogens with one attached hydrogen (secondary N) is 1. The molecule has 0 aliphatic carbocycles. The molecule has 0 spiro atoms. The molecule has 4 nitrogen and oxygen atoms in total. The fourth-order valence-corrected chi connectivity index (χ4v) is 2.45. The zero-order valence-corrected chi connectivity index (χ0v) is 12.6. The van der Waals surface area contributed by atoms with Gasteiger partial charge in [-0.05, 0) is 18.2 Å². The molecule has 7 heteroatoms. The van der Waals surface area contributed by atoms with Gasteiger partial charge < -0.3 is 10.2 Å². The number of carbonyl (C=O) groups is 1. The first kappa shape index (κ1) is 17.2. The lowest BCUT2D eigenvalue weighted by Crippen LogP contribution is -2.49. The minimum atomic E-state index is -4.34. The maximum absolute atomic E-state index is 12.8. The summed E-state index contributed by atoms with van der Waals surface area (Å²) in [5, 5.41) is 2.59. The van der Waals surface area contributed by atoms with Crippen LogP contribution >= 0.6 is 0 Å². The number of hydrogen-bond donors (Lipinski definition) is 1. The molecule has 1 aliphatic heterocycles. The van der Waals surface area contributed by atoms with Gasteiger partial charge in [-0.25, -0.2) is 0 Å². The molecule has 1 aromatic rings. The lowest BCUT2D eigenvalue weighted by molar-refractivity contribution is -0.137. The molecule has 0 unspecified atom stereocenters. The number of carbonyl (C=O) groups excluding carboxylic acids is 1. The monoisotopic (exact) mass is 325 g/mol. The maximum Gasteiger partial charge on any atom is 0.416 e.